The molecular weight excluding hydrogens is 225 g/mol. The van der Waals surface area contributed by atoms with Crippen LogP contribution in [-0.4, -0.2) is 36.0 Å². The Morgan fingerprint density at radius 1 is 1.29 bits per heavy atom. The predicted molar refractivity (Wildman–Crippen MR) is 60.1 cm³/mol. The van der Waals surface area contributed by atoms with Crippen molar-refractivity contribution >= 4 is 11.9 Å². The van der Waals surface area contributed by atoms with E-state index in [1.165, 1.54) is 29.2 Å². The van der Waals surface area contributed by atoms with Crippen LogP contribution in [0.2, 0.25) is 0 Å². The van der Waals surface area contributed by atoms with Gasteiger partial charge in [-0.15, -0.1) is 0 Å². The second-order valence-corrected chi connectivity index (χ2v) is 3.93. The fourth-order valence-electron chi connectivity index (χ4n) is 1.40. The summed E-state index contributed by atoms with van der Waals surface area (Å²) in [4.78, 5) is 23.9. The Balaban J connectivity index is 2.90. The summed E-state index contributed by atoms with van der Waals surface area (Å²) in [6.07, 6.45) is -0.131. The van der Waals surface area contributed by atoms with Crippen LogP contribution < -0.4 is 0 Å². The van der Waals surface area contributed by atoms with Gasteiger partial charge in [-0.1, -0.05) is 12.1 Å². The van der Waals surface area contributed by atoms with E-state index in [-0.39, 0.29) is 12.3 Å². The third-order valence-electron chi connectivity index (χ3n) is 2.45. The maximum absolute atomic E-state index is 12.7. The number of aliphatic carboxylic acids is 1. The van der Waals surface area contributed by atoms with Gasteiger partial charge in [0, 0.05) is 20.5 Å². The lowest BCUT2D eigenvalue weighted by Gasteiger charge is -2.15. The SMILES string of the molecule is CN(C)C(=O)CC(C(=O)O)c1ccc(F)cc1. The highest BCUT2D eigenvalue weighted by Gasteiger charge is 2.23. The van der Waals surface area contributed by atoms with Crippen molar-refractivity contribution in [2.45, 2.75) is 12.3 Å². The molecule has 0 fully saturated rings. The van der Waals surface area contributed by atoms with E-state index in [4.69, 9.17) is 5.11 Å². The Hall–Kier alpha value is -1.91. The number of carboxylic acids is 1. The minimum Gasteiger partial charge on any atom is -0.481 e. The van der Waals surface area contributed by atoms with Crippen LogP contribution in [0.5, 0.6) is 0 Å². The van der Waals surface area contributed by atoms with Gasteiger partial charge >= 0.3 is 5.97 Å². The maximum Gasteiger partial charge on any atom is 0.311 e. The van der Waals surface area contributed by atoms with Crippen LogP contribution in [0.4, 0.5) is 4.39 Å². The summed E-state index contributed by atoms with van der Waals surface area (Å²) < 4.78 is 12.7. The molecule has 0 radical (unpaired) electrons. The summed E-state index contributed by atoms with van der Waals surface area (Å²) in [5, 5.41) is 9.06. The lowest BCUT2D eigenvalue weighted by molar-refractivity contribution is -0.142. The highest BCUT2D eigenvalue weighted by molar-refractivity contribution is 5.85. The van der Waals surface area contributed by atoms with Crippen LogP contribution in [-0.2, 0) is 9.59 Å². The molecule has 0 bridgehead atoms. The molecule has 0 saturated carbocycles. The molecule has 1 amide bonds. The molecule has 1 aromatic rings. The molecule has 4 nitrogen and oxygen atoms in total. The molecule has 1 rings (SSSR count). The first-order valence-electron chi connectivity index (χ1n) is 5.10. The smallest absolute Gasteiger partial charge is 0.311 e. The molecule has 5 heteroatoms. The number of nitrogens with zero attached hydrogens (tertiary/aromatic N) is 1. The minimum absolute atomic E-state index is 0.131. The predicted octanol–water partition coefficient (Wildman–Crippen LogP) is 1.47. The number of halogens is 1. The van der Waals surface area contributed by atoms with Crippen molar-refractivity contribution in [1.82, 2.24) is 4.90 Å². The summed E-state index contributed by atoms with van der Waals surface area (Å²) in [5.41, 5.74) is 0.425. The van der Waals surface area contributed by atoms with Gasteiger partial charge in [-0.25, -0.2) is 4.39 Å². The fourth-order valence-corrected chi connectivity index (χ4v) is 1.40. The maximum atomic E-state index is 12.7. The van der Waals surface area contributed by atoms with Crippen LogP contribution in [0.3, 0.4) is 0 Å². The Labute approximate surface area is 98.7 Å². The molecule has 0 aliphatic heterocycles. The monoisotopic (exact) mass is 239 g/mol. The van der Waals surface area contributed by atoms with Gasteiger partial charge in [0.25, 0.3) is 0 Å². The van der Waals surface area contributed by atoms with Crippen LogP contribution in [0.25, 0.3) is 0 Å². The average Bonchev–Trinajstić information content (AvgIpc) is 2.26. The van der Waals surface area contributed by atoms with E-state index in [2.05, 4.69) is 0 Å². The number of hydrogen-bond donors (Lipinski definition) is 1. The second-order valence-electron chi connectivity index (χ2n) is 3.93. The van der Waals surface area contributed by atoms with E-state index in [1.54, 1.807) is 14.1 Å². The van der Waals surface area contributed by atoms with Gasteiger partial charge in [-0.05, 0) is 17.7 Å². The van der Waals surface area contributed by atoms with Crippen molar-refractivity contribution in [1.29, 1.82) is 0 Å². The molecule has 1 atom stereocenters. The number of amides is 1. The summed E-state index contributed by atoms with van der Waals surface area (Å²) in [6.45, 7) is 0. The summed E-state index contributed by atoms with van der Waals surface area (Å²) in [7, 11) is 3.12. The zero-order chi connectivity index (χ0) is 13.0. The third kappa shape index (κ3) is 3.55. The van der Waals surface area contributed by atoms with Crippen molar-refractivity contribution in [2.24, 2.45) is 0 Å². The molecule has 0 aliphatic rings. The largest absolute Gasteiger partial charge is 0.481 e. The lowest BCUT2D eigenvalue weighted by Crippen LogP contribution is -2.26. The van der Waals surface area contributed by atoms with E-state index in [0.717, 1.165) is 0 Å². The van der Waals surface area contributed by atoms with Crippen LogP contribution in [0.1, 0.15) is 17.9 Å². The normalized spacial score (nSPS) is 11.9. The molecule has 92 valence electrons. The van der Waals surface area contributed by atoms with Crippen molar-refractivity contribution in [3.05, 3.63) is 35.6 Å². The van der Waals surface area contributed by atoms with E-state index in [9.17, 15) is 14.0 Å². The van der Waals surface area contributed by atoms with Crippen molar-refractivity contribution < 1.29 is 19.1 Å². The number of carboxylic acid groups (broad SMARTS) is 1. The van der Waals surface area contributed by atoms with E-state index in [1.807, 2.05) is 0 Å². The zero-order valence-electron chi connectivity index (χ0n) is 9.68. The van der Waals surface area contributed by atoms with E-state index >= 15 is 0 Å². The van der Waals surface area contributed by atoms with Gasteiger partial charge in [-0.3, -0.25) is 9.59 Å². The van der Waals surface area contributed by atoms with Gasteiger partial charge in [0.1, 0.15) is 5.82 Å². The quantitative estimate of drug-likeness (QED) is 0.865. The Morgan fingerprint density at radius 3 is 2.24 bits per heavy atom. The molecular formula is C12H14FNO3. The molecule has 1 unspecified atom stereocenters. The van der Waals surface area contributed by atoms with E-state index in [0.29, 0.717) is 5.56 Å². The molecule has 0 aliphatic carbocycles. The van der Waals surface area contributed by atoms with Crippen molar-refractivity contribution in [3.8, 4) is 0 Å². The Morgan fingerprint density at radius 2 is 1.82 bits per heavy atom. The number of rotatable bonds is 4. The molecule has 0 spiro atoms. The Bertz CT molecular complexity index is 414. The molecule has 0 heterocycles. The molecule has 17 heavy (non-hydrogen) atoms. The topological polar surface area (TPSA) is 57.6 Å². The highest BCUT2D eigenvalue weighted by atomic mass is 19.1. The Kier molecular flexibility index (Phi) is 4.20. The van der Waals surface area contributed by atoms with Crippen molar-refractivity contribution in [3.63, 3.8) is 0 Å². The van der Waals surface area contributed by atoms with Crippen LogP contribution in [0.15, 0.2) is 24.3 Å². The first kappa shape index (κ1) is 13.2. The standard InChI is InChI=1S/C12H14FNO3/c1-14(2)11(15)7-10(12(16)17)8-3-5-9(13)6-4-8/h3-6,10H,7H2,1-2H3,(H,16,17). The zero-order valence-corrected chi connectivity index (χ0v) is 9.68. The molecule has 0 aromatic heterocycles. The lowest BCUT2D eigenvalue weighted by atomic mass is 9.95. The first-order valence-corrected chi connectivity index (χ1v) is 5.10. The molecule has 1 aromatic carbocycles. The van der Waals surface area contributed by atoms with Crippen LogP contribution >= 0.6 is 0 Å². The second kappa shape index (κ2) is 5.43. The summed E-state index contributed by atoms with van der Waals surface area (Å²) in [6, 6.07) is 5.14. The van der Waals surface area contributed by atoms with Crippen molar-refractivity contribution in [2.75, 3.05) is 14.1 Å². The number of hydrogen-bond acceptors (Lipinski definition) is 2. The highest BCUT2D eigenvalue weighted by Crippen LogP contribution is 2.21. The number of carbonyl (C=O) groups is 2. The van der Waals surface area contributed by atoms with Gasteiger partial charge < -0.3 is 10.0 Å². The molecule has 1 N–H and O–H groups in total. The van der Waals surface area contributed by atoms with Crippen LogP contribution in [0, 0.1) is 5.82 Å². The average molecular weight is 239 g/mol. The first-order chi connectivity index (χ1) is 7.91. The fraction of sp³-hybridized carbons (Fsp3) is 0.333. The number of benzene rings is 1. The van der Waals surface area contributed by atoms with Gasteiger partial charge in [-0.2, -0.15) is 0 Å². The summed E-state index contributed by atoms with van der Waals surface area (Å²) in [5.74, 6) is -2.74. The van der Waals surface area contributed by atoms with Gasteiger partial charge in [0.2, 0.25) is 5.91 Å². The number of carbonyl (C=O) groups excluding carboxylic acids is 1. The van der Waals surface area contributed by atoms with Gasteiger partial charge in [0.15, 0.2) is 0 Å². The summed E-state index contributed by atoms with van der Waals surface area (Å²) >= 11 is 0. The molecule has 0 saturated heterocycles. The third-order valence-corrected chi connectivity index (χ3v) is 2.45. The van der Waals surface area contributed by atoms with E-state index < -0.39 is 17.7 Å². The minimum atomic E-state index is -1.09. The van der Waals surface area contributed by atoms with Gasteiger partial charge in [0.05, 0.1) is 5.92 Å².